The second-order valence-corrected chi connectivity index (χ2v) is 6.08. The molecule has 1 aromatic rings. The van der Waals surface area contributed by atoms with E-state index in [9.17, 15) is 8.42 Å². The van der Waals surface area contributed by atoms with Crippen molar-refractivity contribution in [2.24, 2.45) is 0 Å². The van der Waals surface area contributed by atoms with Crippen molar-refractivity contribution in [2.45, 2.75) is 38.0 Å². The third-order valence-electron chi connectivity index (χ3n) is 2.64. The van der Waals surface area contributed by atoms with Crippen LogP contribution in [0.5, 0.6) is 0 Å². The van der Waals surface area contributed by atoms with Gasteiger partial charge in [0.05, 0.1) is 10.6 Å². The van der Waals surface area contributed by atoms with Gasteiger partial charge in [0.15, 0.2) is 9.84 Å². The summed E-state index contributed by atoms with van der Waals surface area (Å²) in [6.07, 6.45) is 7.90. The van der Waals surface area contributed by atoms with Crippen LogP contribution in [0.25, 0.3) is 5.57 Å². The van der Waals surface area contributed by atoms with Gasteiger partial charge < -0.3 is 0 Å². The van der Waals surface area contributed by atoms with Crippen LogP contribution < -0.4 is 0 Å². The van der Waals surface area contributed by atoms with Gasteiger partial charge in [-0.15, -0.1) is 0 Å². The molecule has 0 bridgehead atoms. The molecule has 0 amide bonds. The van der Waals surface area contributed by atoms with E-state index in [1.807, 2.05) is 13.0 Å². The molecule has 0 fully saturated rings. The Morgan fingerprint density at radius 2 is 2.12 bits per heavy atom. The molecule has 0 spiro atoms. The lowest BCUT2D eigenvalue weighted by Gasteiger charge is -2.06. The molecule has 0 aliphatic rings. The number of rotatable bonds is 5. The van der Waals surface area contributed by atoms with Crippen LogP contribution in [0.4, 0.5) is 0 Å². The van der Waals surface area contributed by atoms with Crippen LogP contribution in [-0.2, 0) is 9.84 Å². The fourth-order valence-electron chi connectivity index (χ4n) is 1.58. The predicted octanol–water partition coefficient (Wildman–Crippen LogP) is 3.08. The first-order valence-corrected chi connectivity index (χ1v) is 7.69. The van der Waals surface area contributed by atoms with Crippen LogP contribution in [0, 0.1) is 0 Å². The van der Waals surface area contributed by atoms with Crippen LogP contribution >= 0.6 is 0 Å². The summed E-state index contributed by atoms with van der Waals surface area (Å²) in [6, 6.07) is 3.40. The Hall–Kier alpha value is -1.16. The lowest BCUT2D eigenvalue weighted by atomic mass is 10.1. The van der Waals surface area contributed by atoms with E-state index in [1.54, 1.807) is 12.1 Å². The minimum absolute atomic E-state index is 0.271. The van der Waals surface area contributed by atoms with Gasteiger partial charge in [0.1, 0.15) is 0 Å². The van der Waals surface area contributed by atoms with Gasteiger partial charge >= 0.3 is 0 Å². The number of unbranched alkanes of at least 4 members (excludes halogenated alkanes) is 1. The normalized spacial score (nSPS) is 12.8. The third-order valence-corrected chi connectivity index (χ3v) is 3.74. The molecular weight excluding hydrogens is 234 g/mol. The highest BCUT2D eigenvalue weighted by atomic mass is 32.2. The van der Waals surface area contributed by atoms with Gasteiger partial charge in [0.2, 0.25) is 0 Å². The summed E-state index contributed by atoms with van der Waals surface area (Å²) in [6.45, 7) is 4.13. The highest BCUT2D eigenvalue weighted by molar-refractivity contribution is 7.90. The average molecular weight is 253 g/mol. The zero-order chi connectivity index (χ0) is 12.9. The molecule has 0 atom stereocenters. The average Bonchev–Trinajstić information content (AvgIpc) is 2.29. The quantitative estimate of drug-likeness (QED) is 0.810. The predicted molar refractivity (Wildman–Crippen MR) is 70.5 cm³/mol. The maximum absolute atomic E-state index is 11.3. The van der Waals surface area contributed by atoms with Crippen LogP contribution in [-0.4, -0.2) is 19.7 Å². The topological polar surface area (TPSA) is 47.0 Å². The molecule has 0 radical (unpaired) electrons. The minimum Gasteiger partial charge on any atom is -0.255 e. The second-order valence-electron chi connectivity index (χ2n) is 4.07. The molecule has 0 aliphatic carbocycles. The van der Waals surface area contributed by atoms with Crippen molar-refractivity contribution in [3.05, 3.63) is 30.1 Å². The van der Waals surface area contributed by atoms with Gasteiger partial charge in [0, 0.05) is 12.5 Å². The summed E-state index contributed by atoms with van der Waals surface area (Å²) < 4.78 is 22.6. The maximum Gasteiger partial charge on any atom is 0.177 e. The van der Waals surface area contributed by atoms with E-state index in [4.69, 9.17) is 0 Å². The minimum atomic E-state index is -3.15. The number of hydrogen-bond acceptors (Lipinski definition) is 3. The Balaban J connectivity index is 2.94. The molecule has 1 aromatic heterocycles. The largest absolute Gasteiger partial charge is 0.255 e. The summed E-state index contributed by atoms with van der Waals surface area (Å²) in [5.41, 5.74) is 2.04. The number of hydrogen-bond donors (Lipinski definition) is 0. The summed E-state index contributed by atoms with van der Waals surface area (Å²) in [5.74, 6) is 0. The number of allylic oxidation sites excluding steroid dienone is 2. The molecule has 1 rings (SSSR count). The van der Waals surface area contributed by atoms with Gasteiger partial charge in [0.25, 0.3) is 0 Å². The third kappa shape index (κ3) is 3.97. The first kappa shape index (κ1) is 13.9. The van der Waals surface area contributed by atoms with Crippen molar-refractivity contribution in [1.29, 1.82) is 0 Å². The lowest BCUT2D eigenvalue weighted by Crippen LogP contribution is -1.99. The van der Waals surface area contributed by atoms with Gasteiger partial charge in [-0.3, -0.25) is 4.98 Å². The summed E-state index contributed by atoms with van der Waals surface area (Å²) in [7, 11) is -3.15. The monoisotopic (exact) mass is 253 g/mol. The van der Waals surface area contributed by atoms with Crippen LogP contribution in [0.15, 0.2) is 29.3 Å². The second kappa shape index (κ2) is 5.96. The molecule has 17 heavy (non-hydrogen) atoms. The number of aromatic nitrogens is 1. The van der Waals surface area contributed by atoms with E-state index in [1.165, 1.54) is 18.0 Å². The first-order valence-electron chi connectivity index (χ1n) is 5.80. The van der Waals surface area contributed by atoms with Crippen molar-refractivity contribution in [1.82, 2.24) is 4.98 Å². The highest BCUT2D eigenvalue weighted by Gasteiger charge is 2.08. The van der Waals surface area contributed by atoms with Crippen molar-refractivity contribution in [2.75, 3.05) is 6.26 Å². The Morgan fingerprint density at radius 3 is 2.53 bits per heavy atom. The van der Waals surface area contributed by atoms with Gasteiger partial charge in [-0.1, -0.05) is 19.4 Å². The van der Waals surface area contributed by atoms with Crippen LogP contribution in [0.3, 0.4) is 0 Å². The molecule has 0 saturated heterocycles. The Labute approximate surface area is 104 Å². The van der Waals surface area contributed by atoms with Gasteiger partial charge in [-0.05, 0) is 37.5 Å². The molecule has 94 valence electrons. The van der Waals surface area contributed by atoms with Crippen molar-refractivity contribution >= 4 is 15.4 Å². The van der Waals surface area contributed by atoms with E-state index < -0.39 is 9.84 Å². The molecule has 0 saturated carbocycles. The van der Waals surface area contributed by atoms with E-state index in [-0.39, 0.29) is 4.90 Å². The molecular formula is C13H19NO2S. The van der Waals surface area contributed by atoms with Crippen molar-refractivity contribution in [3.8, 4) is 0 Å². The zero-order valence-corrected chi connectivity index (χ0v) is 11.4. The first-order chi connectivity index (χ1) is 7.99. The molecule has 3 nitrogen and oxygen atoms in total. The smallest absolute Gasteiger partial charge is 0.177 e. The number of pyridine rings is 1. The van der Waals surface area contributed by atoms with E-state index in [2.05, 4.69) is 11.9 Å². The molecule has 1 heterocycles. The molecule has 4 heteroatoms. The van der Waals surface area contributed by atoms with E-state index in [0.29, 0.717) is 0 Å². The standard InChI is InChI=1S/C13H19NO2S/c1-4-6-7-11(5-2)13-9-8-12(10-14-13)17(3,15)16/h5,8-10H,4,6-7H2,1-3H3. The lowest BCUT2D eigenvalue weighted by molar-refractivity contribution is 0.601. The van der Waals surface area contributed by atoms with Crippen molar-refractivity contribution in [3.63, 3.8) is 0 Å². The highest BCUT2D eigenvalue weighted by Crippen LogP contribution is 2.19. The fourth-order valence-corrected chi connectivity index (χ4v) is 2.14. The van der Waals surface area contributed by atoms with Crippen molar-refractivity contribution < 1.29 is 8.42 Å². The van der Waals surface area contributed by atoms with Crippen LogP contribution in [0.2, 0.25) is 0 Å². The molecule has 0 aliphatic heterocycles. The maximum atomic E-state index is 11.3. The Kier molecular flexibility index (Phi) is 4.87. The SMILES string of the molecule is CC=C(CCCC)c1ccc(S(C)(=O)=O)cn1. The summed E-state index contributed by atoms with van der Waals surface area (Å²) in [4.78, 5) is 4.49. The summed E-state index contributed by atoms with van der Waals surface area (Å²) >= 11 is 0. The molecule has 0 aromatic carbocycles. The summed E-state index contributed by atoms with van der Waals surface area (Å²) in [5, 5.41) is 0. The van der Waals surface area contributed by atoms with E-state index in [0.717, 1.165) is 25.0 Å². The number of nitrogens with zero attached hydrogens (tertiary/aromatic N) is 1. The Bertz CT molecular complexity index is 487. The Morgan fingerprint density at radius 1 is 1.41 bits per heavy atom. The van der Waals surface area contributed by atoms with Gasteiger partial charge in [-0.2, -0.15) is 0 Å². The van der Waals surface area contributed by atoms with Gasteiger partial charge in [-0.25, -0.2) is 8.42 Å². The van der Waals surface area contributed by atoms with E-state index >= 15 is 0 Å². The zero-order valence-electron chi connectivity index (χ0n) is 10.6. The molecule has 0 N–H and O–H groups in total. The molecule has 0 unspecified atom stereocenters. The van der Waals surface area contributed by atoms with Crippen LogP contribution in [0.1, 0.15) is 38.8 Å². The number of sulfone groups is 1. The fraction of sp³-hybridized carbons (Fsp3) is 0.462.